The van der Waals surface area contributed by atoms with Crippen LogP contribution in [0.5, 0.6) is 0 Å². The van der Waals surface area contributed by atoms with Gasteiger partial charge in [0, 0.05) is 6.54 Å². The Hall–Kier alpha value is -0.120. The second kappa shape index (κ2) is 4.73. The Morgan fingerprint density at radius 2 is 2.11 bits per heavy atom. The van der Waals surface area contributed by atoms with E-state index in [-0.39, 0.29) is 6.61 Å². The number of aliphatic hydroxyl groups is 1. The van der Waals surface area contributed by atoms with Gasteiger partial charge in [-0.1, -0.05) is 0 Å². The van der Waals surface area contributed by atoms with Crippen molar-refractivity contribution in [2.45, 2.75) is 13.1 Å². The zero-order chi connectivity index (χ0) is 7.28. The van der Waals surface area contributed by atoms with Gasteiger partial charge in [-0.2, -0.15) is 0 Å². The molecule has 0 aliphatic heterocycles. The number of aliphatic hydroxyl groups excluding tert-OH is 1. The molecule has 0 bridgehead atoms. The molecule has 3 nitrogen and oxygen atoms in total. The van der Waals surface area contributed by atoms with Crippen LogP contribution in [-0.2, 0) is 0 Å². The highest BCUT2D eigenvalue weighted by Crippen LogP contribution is 1.82. The third-order valence-corrected chi connectivity index (χ3v) is 1.33. The molecule has 0 fully saturated rings. The Labute approximate surface area is 56.7 Å². The molecule has 0 saturated heterocycles. The van der Waals surface area contributed by atoms with E-state index in [4.69, 9.17) is 5.11 Å². The molecule has 0 spiro atoms. The highest BCUT2D eigenvalue weighted by Gasteiger charge is 1.99. The summed E-state index contributed by atoms with van der Waals surface area (Å²) in [5.74, 6) is 0. The fourth-order valence-corrected chi connectivity index (χ4v) is 0.456. The second-order valence-electron chi connectivity index (χ2n) is 2.32. The van der Waals surface area contributed by atoms with Gasteiger partial charge in [0.25, 0.3) is 0 Å². The molecule has 0 heterocycles. The lowest BCUT2D eigenvalue weighted by atomic mass is 10.5. The van der Waals surface area contributed by atoms with Gasteiger partial charge in [-0.3, -0.25) is 10.2 Å². The van der Waals surface area contributed by atoms with Crippen molar-refractivity contribution < 1.29 is 5.11 Å². The van der Waals surface area contributed by atoms with Crippen molar-refractivity contribution in [2.75, 3.05) is 27.2 Å². The van der Waals surface area contributed by atoms with Crippen molar-refractivity contribution in [1.29, 1.82) is 0 Å². The van der Waals surface area contributed by atoms with Crippen LogP contribution in [-0.4, -0.2) is 43.4 Å². The molecule has 3 heteroatoms. The van der Waals surface area contributed by atoms with E-state index in [2.05, 4.69) is 17.1 Å². The summed E-state index contributed by atoms with van der Waals surface area (Å²) < 4.78 is 0. The molecule has 0 aromatic carbocycles. The highest BCUT2D eigenvalue weighted by molar-refractivity contribution is 4.54. The number of hydrogen-bond acceptors (Lipinski definition) is 3. The minimum Gasteiger partial charge on any atom is -0.395 e. The van der Waals surface area contributed by atoms with Crippen molar-refractivity contribution in [2.24, 2.45) is 0 Å². The summed E-state index contributed by atoms with van der Waals surface area (Å²) in [7, 11) is 3.99. The first-order valence-electron chi connectivity index (χ1n) is 3.19. The van der Waals surface area contributed by atoms with Gasteiger partial charge in [0.05, 0.1) is 12.8 Å². The van der Waals surface area contributed by atoms with Crippen LogP contribution in [0.3, 0.4) is 0 Å². The number of nitrogens with one attached hydrogen (secondary N) is 1. The van der Waals surface area contributed by atoms with Gasteiger partial charge in [0.15, 0.2) is 0 Å². The zero-order valence-corrected chi connectivity index (χ0v) is 6.39. The predicted molar refractivity (Wildman–Crippen MR) is 38.2 cm³/mol. The molecule has 0 aliphatic rings. The van der Waals surface area contributed by atoms with Gasteiger partial charge in [-0.05, 0) is 21.0 Å². The first-order chi connectivity index (χ1) is 4.18. The first kappa shape index (κ1) is 8.88. The molecule has 0 amide bonds. The lowest BCUT2D eigenvalue weighted by Crippen LogP contribution is -2.39. The van der Waals surface area contributed by atoms with E-state index in [1.165, 1.54) is 0 Å². The van der Waals surface area contributed by atoms with Crippen LogP contribution in [0.25, 0.3) is 0 Å². The molecule has 1 atom stereocenters. The van der Waals surface area contributed by atoms with Gasteiger partial charge in [-0.15, -0.1) is 0 Å². The molecule has 56 valence electrons. The largest absolute Gasteiger partial charge is 0.395 e. The summed E-state index contributed by atoms with van der Waals surface area (Å²) in [5, 5.41) is 11.5. The molecule has 0 saturated carbocycles. The van der Waals surface area contributed by atoms with Gasteiger partial charge in [0.2, 0.25) is 0 Å². The predicted octanol–water partition coefficient (Wildman–Crippen LogP) is -0.524. The van der Waals surface area contributed by atoms with E-state index < -0.39 is 0 Å². The minimum absolute atomic E-state index is 0.207. The monoisotopic (exact) mass is 132 g/mol. The molecule has 0 aromatic rings. The quantitative estimate of drug-likeness (QED) is 0.505. The van der Waals surface area contributed by atoms with Crippen LogP contribution in [0.4, 0.5) is 0 Å². The molecule has 0 radical (unpaired) electrons. The van der Waals surface area contributed by atoms with Gasteiger partial charge in [0.1, 0.15) is 0 Å². The summed E-state index contributed by atoms with van der Waals surface area (Å²) in [4.78, 5) is 2.05. The maximum absolute atomic E-state index is 8.42. The average molecular weight is 132 g/mol. The third-order valence-electron chi connectivity index (χ3n) is 1.33. The minimum atomic E-state index is 0.207. The Balaban J connectivity index is 3.16. The van der Waals surface area contributed by atoms with E-state index >= 15 is 0 Å². The van der Waals surface area contributed by atoms with Crippen LogP contribution < -0.4 is 5.32 Å². The molecule has 1 unspecified atom stereocenters. The summed E-state index contributed by atoms with van der Waals surface area (Å²) in [6.07, 6.45) is 0.345. The Morgan fingerprint density at radius 1 is 1.56 bits per heavy atom. The fourth-order valence-electron chi connectivity index (χ4n) is 0.456. The lowest BCUT2D eigenvalue weighted by molar-refractivity contribution is 0.230. The Kier molecular flexibility index (Phi) is 4.67. The van der Waals surface area contributed by atoms with Crippen molar-refractivity contribution in [3.05, 3.63) is 0 Å². The first-order valence-corrected chi connectivity index (χ1v) is 3.19. The Bertz CT molecular complexity index is 66.1. The van der Waals surface area contributed by atoms with Crippen LogP contribution in [0.2, 0.25) is 0 Å². The average Bonchev–Trinajstić information content (AvgIpc) is 1.82. The molecule has 2 N–H and O–H groups in total. The normalized spacial score (nSPS) is 14.3. The molecule has 9 heavy (non-hydrogen) atoms. The summed E-state index contributed by atoms with van der Waals surface area (Å²) in [5.41, 5.74) is 0. The third kappa shape index (κ3) is 4.39. The van der Waals surface area contributed by atoms with Crippen LogP contribution in [0.15, 0.2) is 0 Å². The Morgan fingerprint density at radius 3 is 2.44 bits per heavy atom. The summed E-state index contributed by atoms with van der Waals surface area (Å²) >= 11 is 0. The van der Waals surface area contributed by atoms with Crippen molar-refractivity contribution in [3.8, 4) is 0 Å². The van der Waals surface area contributed by atoms with Gasteiger partial charge < -0.3 is 5.11 Å². The summed E-state index contributed by atoms with van der Waals surface area (Å²) in [6, 6.07) is 0. The van der Waals surface area contributed by atoms with Crippen LogP contribution in [0, 0.1) is 0 Å². The molecular weight excluding hydrogens is 116 g/mol. The van der Waals surface area contributed by atoms with E-state index in [0.717, 1.165) is 0 Å². The zero-order valence-electron chi connectivity index (χ0n) is 6.39. The highest BCUT2D eigenvalue weighted by atomic mass is 16.3. The molecule has 0 aliphatic carbocycles. The van der Waals surface area contributed by atoms with E-state index in [1.807, 2.05) is 14.1 Å². The number of nitrogens with zero attached hydrogens (tertiary/aromatic N) is 1. The number of rotatable bonds is 4. The van der Waals surface area contributed by atoms with Crippen molar-refractivity contribution >= 4 is 0 Å². The van der Waals surface area contributed by atoms with Crippen molar-refractivity contribution in [1.82, 2.24) is 10.2 Å². The fraction of sp³-hybridized carbons (Fsp3) is 1.00. The van der Waals surface area contributed by atoms with Gasteiger partial charge >= 0.3 is 0 Å². The van der Waals surface area contributed by atoms with Crippen molar-refractivity contribution in [3.63, 3.8) is 0 Å². The van der Waals surface area contributed by atoms with E-state index in [0.29, 0.717) is 12.7 Å². The topological polar surface area (TPSA) is 35.5 Å². The summed E-state index contributed by atoms with van der Waals surface area (Å²) in [6.45, 7) is 2.92. The van der Waals surface area contributed by atoms with Gasteiger partial charge in [-0.25, -0.2) is 0 Å². The molecular formula is C6H16N2O. The molecule has 0 rings (SSSR count). The second-order valence-corrected chi connectivity index (χ2v) is 2.32. The van der Waals surface area contributed by atoms with E-state index in [9.17, 15) is 0 Å². The van der Waals surface area contributed by atoms with E-state index in [1.54, 1.807) is 0 Å². The lowest BCUT2D eigenvalue weighted by Gasteiger charge is -2.20. The maximum Gasteiger partial charge on any atom is 0.0563 e. The van der Waals surface area contributed by atoms with Crippen LogP contribution >= 0.6 is 0 Å². The molecule has 0 aromatic heterocycles. The SMILES string of the molecule is CC(NCCO)N(C)C. The smallest absolute Gasteiger partial charge is 0.0563 e. The van der Waals surface area contributed by atoms with Crippen LogP contribution in [0.1, 0.15) is 6.92 Å². The number of hydrogen-bond donors (Lipinski definition) is 2. The standard InChI is InChI=1S/C6H16N2O/c1-6(8(2)3)7-4-5-9/h6-7,9H,4-5H2,1-3H3. The maximum atomic E-state index is 8.42.